The van der Waals surface area contributed by atoms with Gasteiger partial charge >= 0.3 is 109 Å². The smallest absolute Gasteiger partial charge is 0.870 e. The van der Waals surface area contributed by atoms with Crippen LogP contribution in [-0.2, 0) is 0 Å². The van der Waals surface area contributed by atoms with Crippen LogP contribution in [0.25, 0.3) is 0 Å². The van der Waals surface area contributed by atoms with E-state index in [-0.39, 0.29) is 5.48 Å². The zero-order chi connectivity index (χ0) is 12.3. The Morgan fingerprint density at radius 2 is 0.941 bits per heavy atom. The third-order valence-corrected chi connectivity index (χ3v) is 8.57. The second kappa shape index (κ2) is 13.2. The molecule has 0 aliphatic heterocycles. The van der Waals surface area contributed by atoms with Gasteiger partial charge in [-0.2, -0.15) is 0 Å². The molecule has 1 N–H and O–H groups in total. The summed E-state index contributed by atoms with van der Waals surface area (Å²) in [5.41, 5.74) is 0. The topological polar surface area (TPSA) is 30.0 Å². The number of hydrogen-bond acceptors (Lipinski definition) is 1. The van der Waals surface area contributed by atoms with Crippen molar-refractivity contribution in [1.29, 1.82) is 0 Å². The van der Waals surface area contributed by atoms with Crippen molar-refractivity contribution in [3.05, 3.63) is 0 Å². The van der Waals surface area contributed by atoms with E-state index in [2.05, 4.69) is 21.5 Å². The van der Waals surface area contributed by atoms with Crippen molar-refractivity contribution in [2.24, 2.45) is 0 Å². The van der Waals surface area contributed by atoms with E-state index >= 15 is 0 Å². The van der Waals surface area contributed by atoms with E-state index in [0.717, 1.165) is 0 Å². The van der Waals surface area contributed by atoms with Crippen molar-refractivity contribution in [3.8, 4) is 0 Å². The Morgan fingerprint density at radius 1 is 0.588 bits per heavy atom. The van der Waals surface area contributed by atoms with Crippen molar-refractivity contribution in [2.45, 2.75) is 90.1 Å². The monoisotopic (exact) mass is 353 g/mol. The van der Waals surface area contributed by atoms with E-state index < -0.39 is 18.8 Å². The van der Waals surface area contributed by atoms with E-state index in [9.17, 15) is 0 Å². The van der Waals surface area contributed by atoms with Gasteiger partial charge in [-0.25, -0.2) is 0 Å². The Labute approximate surface area is 114 Å². The summed E-state index contributed by atoms with van der Waals surface area (Å²) in [6.45, 7) is 2.29. The van der Waals surface area contributed by atoms with Gasteiger partial charge in [-0.05, 0) is 0 Å². The Bertz CT molecular complexity index is 140. The normalized spacial score (nSPS) is 12.2. The van der Waals surface area contributed by atoms with Gasteiger partial charge in [-0.3, -0.25) is 0 Å². The summed E-state index contributed by atoms with van der Waals surface area (Å²) >= 11 is -1.41. The molecule has 0 aliphatic carbocycles. The molecule has 0 aromatic heterocycles. The zero-order valence-corrected chi connectivity index (χ0v) is 15.6. The van der Waals surface area contributed by atoms with Gasteiger partial charge in [0.25, 0.3) is 0 Å². The summed E-state index contributed by atoms with van der Waals surface area (Å²) in [6, 6.07) is 0. The van der Waals surface area contributed by atoms with E-state index in [4.69, 9.17) is 0 Å². The Kier molecular flexibility index (Phi) is 15.6. The molecule has 0 amide bonds. The van der Waals surface area contributed by atoms with Crippen LogP contribution >= 0.6 is 0 Å². The van der Waals surface area contributed by atoms with Gasteiger partial charge in [-0.1, -0.05) is 0 Å². The molecule has 1 nitrogen and oxygen atoms in total. The third-order valence-electron chi connectivity index (χ3n) is 3.28. The molecular weight excluding hydrogens is 318 g/mol. The van der Waals surface area contributed by atoms with Gasteiger partial charge in [-0.15, -0.1) is 0 Å². The molecule has 0 unspecified atom stereocenters. The first kappa shape index (κ1) is 20.1. The second-order valence-electron chi connectivity index (χ2n) is 6.49. The molecule has 0 aliphatic rings. The largest absolute Gasteiger partial charge is 0.870 e. The van der Waals surface area contributed by atoms with Gasteiger partial charge in [0.2, 0.25) is 0 Å². The molecule has 0 rings (SSSR count). The van der Waals surface area contributed by atoms with E-state index in [1.54, 1.807) is 4.37 Å². The van der Waals surface area contributed by atoms with Crippen molar-refractivity contribution < 1.29 is 5.48 Å². The summed E-state index contributed by atoms with van der Waals surface area (Å²) in [6.07, 6.45) is 14.7. The summed E-state index contributed by atoms with van der Waals surface area (Å²) in [7, 11) is 0. The summed E-state index contributed by atoms with van der Waals surface area (Å²) in [5.74, 6) is 0. The minimum atomic E-state index is -1.41. The van der Waals surface area contributed by atoms with Crippen LogP contribution in [0.1, 0.15) is 71.1 Å². The van der Waals surface area contributed by atoms with Crippen LogP contribution in [0.15, 0.2) is 0 Å². The molecule has 0 atom stereocenters. The Morgan fingerprint density at radius 3 is 1.29 bits per heavy atom. The predicted molar refractivity (Wildman–Crippen MR) is 83.3 cm³/mol. The van der Waals surface area contributed by atoms with Crippen LogP contribution in [0.2, 0.25) is 19.0 Å². The molecule has 0 aromatic carbocycles. The third kappa shape index (κ3) is 19.3. The average Bonchev–Trinajstić information content (AvgIpc) is 2.19. The fourth-order valence-corrected chi connectivity index (χ4v) is 5.88. The summed E-state index contributed by atoms with van der Waals surface area (Å²) in [4.78, 5) is 7.67. The SMILES string of the molecule is CCCCCCCCCCC[CH2][SbH]([CH3])([CH3])[CH3].[OH-]. The molecular formula is C15H36OSb-. The molecule has 0 aromatic rings. The minimum Gasteiger partial charge on any atom is -0.870 e. The van der Waals surface area contributed by atoms with E-state index in [0.29, 0.717) is 0 Å². The summed E-state index contributed by atoms with van der Waals surface area (Å²) in [5, 5.41) is 0. The average molecular weight is 354 g/mol. The minimum absolute atomic E-state index is 0. The van der Waals surface area contributed by atoms with Gasteiger partial charge in [0.1, 0.15) is 0 Å². The number of hydrogen-bond donors (Lipinski definition) is 0. The fourth-order valence-electron chi connectivity index (χ4n) is 2.14. The Balaban J connectivity index is 0. The number of rotatable bonds is 11. The van der Waals surface area contributed by atoms with E-state index in [1.807, 2.05) is 0 Å². The quantitative estimate of drug-likeness (QED) is 0.341. The van der Waals surface area contributed by atoms with Crippen LogP contribution in [0.4, 0.5) is 0 Å². The molecule has 0 saturated heterocycles. The molecule has 0 spiro atoms. The van der Waals surface area contributed by atoms with Crippen molar-refractivity contribution >= 4 is 18.8 Å². The van der Waals surface area contributed by atoms with Crippen molar-refractivity contribution in [1.82, 2.24) is 0 Å². The zero-order valence-electron chi connectivity index (χ0n) is 12.7. The van der Waals surface area contributed by atoms with Crippen LogP contribution in [0.3, 0.4) is 0 Å². The molecule has 0 fully saturated rings. The van der Waals surface area contributed by atoms with Crippen LogP contribution in [-0.4, -0.2) is 24.3 Å². The maximum atomic E-state index is 2.56. The molecule has 0 heterocycles. The predicted octanol–water partition coefficient (Wildman–Crippen LogP) is 5.80. The Hall–Kier alpha value is 0.778. The van der Waals surface area contributed by atoms with Crippen molar-refractivity contribution in [3.63, 3.8) is 0 Å². The maximum Gasteiger partial charge on any atom is -0.870 e. The molecule has 2 heteroatoms. The van der Waals surface area contributed by atoms with Crippen LogP contribution in [0.5, 0.6) is 0 Å². The molecule has 17 heavy (non-hydrogen) atoms. The first-order valence-corrected chi connectivity index (χ1v) is 18.1. The fraction of sp³-hybridized carbons (Fsp3) is 1.00. The second-order valence-corrected chi connectivity index (χ2v) is 22.5. The molecule has 108 valence electrons. The molecule has 0 saturated carbocycles. The first-order chi connectivity index (χ1) is 7.56. The van der Waals surface area contributed by atoms with Crippen LogP contribution in [0, 0.1) is 0 Å². The van der Waals surface area contributed by atoms with Crippen molar-refractivity contribution in [2.75, 3.05) is 0 Å². The van der Waals surface area contributed by atoms with Gasteiger partial charge in [0.05, 0.1) is 0 Å². The maximum absolute atomic E-state index is 2.56. The van der Waals surface area contributed by atoms with Gasteiger partial charge < -0.3 is 5.48 Å². The standard InChI is InChI=1S/C12H25.3CH3.H2O.Sb.H/c1-3-5-7-9-11-12-10-8-6-4-2;;;;;;/h1,3-12H2,2H3;3*1H3;1H2;;/p-1. The van der Waals surface area contributed by atoms with Gasteiger partial charge in [0, 0.05) is 0 Å². The summed E-state index contributed by atoms with van der Waals surface area (Å²) < 4.78 is 1.60. The van der Waals surface area contributed by atoms with Gasteiger partial charge in [0.15, 0.2) is 0 Å². The number of unbranched alkanes of at least 4 members (excludes halogenated alkanes) is 9. The molecule has 0 radical (unpaired) electrons. The first-order valence-electron chi connectivity index (χ1n) is 7.56. The van der Waals surface area contributed by atoms with E-state index in [1.165, 1.54) is 64.2 Å². The molecule has 0 bridgehead atoms. The van der Waals surface area contributed by atoms with Crippen LogP contribution < -0.4 is 0 Å².